The quantitative estimate of drug-likeness (QED) is 0.902. The minimum Gasteiger partial charge on any atom is -0.506 e. The molecule has 2 rings (SSSR count). The Bertz CT molecular complexity index is 389. The lowest BCUT2D eigenvalue weighted by atomic mass is 9.92. The van der Waals surface area contributed by atoms with E-state index in [0.717, 1.165) is 30.8 Å². The minimum atomic E-state index is 0.344. The SMILES string of the molecule is COc1cc(Br)c(O)c(CC2CCCNC2)c1. The molecule has 4 heteroatoms. The summed E-state index contributed by atoms with van der Waals surface area (Å²) in [5.74, 6) is 1.73. The molecular weight excluding hydrogens is 282 g/mol. The second-order valence-corrected chi connectivity index (χ2v) is 5.39. The number of rotatable bonds is 3. The minimum absolute atomic E-state index is 0.344. The van der Waals surface area contributed by atoms with Crippen LogP contribution in [-0.4, -0.2) is 25.3 Å². The van der Waals surface area contributed by atoms with Gasteiger partial charge in [0.15, 0.2) is 0 Å². The number of halogens is 1. The summed E-state index contributed by atoms with van der Waals surface area (Å²) in [6.07, 6.45) is 3.34. The molecule has 1 atom stereocenters. The van der Waals surface area contributed by atoms with Crippen molar-refractivity contribution in [3.8, 4) is 11.5 Å². The molecule has 1 saturated heterocycles. The highest BCUT2D eigenvalue weighted by molar-refractivity contribution is 9.10. The van der Waals surface area contributed by atoms with Crippen LogP contribution in [0.4, 0.5) is 0 Å². The summed E-state index contributed by atoms with van der Waals surface area (Å²) in [5, 5.41) is 13.4. The van der Waals surface area contributed by atoms with Crippen LogP contribution in [-0.2, 0) is 6.42 Å². The lowest BCUT2D eigenvalue weighted by Gasteiger charge is -2.23. The summed E-state index contributed by atoms with van der Waals surface area (Å²) in [6.45, 7) is 2.15. The highest BCUT2D eigenvalue weighted by Crippen LogP contribution is 2.34. The van der Waals surface area contributed by atoms with E-state index in [4.69, 9.17) is 4.74 Å². The van der Waals surface area contributed by atoms with Gasteiger partial charge in [0.25, 0.3) is 0 Å². The fraction of sp³-hybridized carbons (Fsp3) is 0.538. The zero-order chi connectivity index (χ0) is 12.3. The molecule has 1 aliphatic heterocycles. The third kappa shape index (κ3) is 3.13. The third-order valence-corrected chi connectivity index (χ3v) is 3.86. The van der Waals surface area contributed by atoms with E-state index in [9.17, 15) is 5.11 Å². The van der Waals surface area contributed by atoms with Crippen LogP contribution in [0, 0.1) is 5.92 Å². The van der Waals surface area contributed by atoms with Gasteiger partial charge in [0.2, 0.25) is 0 Å². The van der Waals surface area contributed by atoms with Gasteiger partial charge in [-0.15, -0.1) is 0 Å². The van der Waals surface area contributed by atoms with E-state index in [-0.39, 0.29) is 0 Å². The number of ether oxygens (including phenoxy) is 1. The summed E-state index contributed by atoms with van der Waals surface area (Å²) in [7, 11) is 1.64. The standard InChI is InChI=1S/C13H18BrNO2/c1-17-11-6-10(13(16)12(14)7-11)5-9-3-2-4-15-8-9/h6-7,9,15-16H,2-5,8H2,1H3. The Balaban J connectivity index is 2.15. The lowest BCUT2D eigenvalue weighted by Crippen LogP contribution is -2.30. The van der Waals surface area contributed by atoms with Crippen molar-refractivity contribution >= 4 is 15.9 Å². The van der Waals surface area contributed by atoms with Gasteiger partial charge in [0, 0.05) is 0 Å². The maximum absolute atomic E-state index is 10.0. The number of nitrogens with one attached hydrogen (secondary N) is 1. The molecule has 94 valence electrons. The molecule has 0 aromatic heterocycles. The van der Waals surface area contributed by atoms with Gasteiger partial charge in [-0.25, -0.2) is 0 Å². The summed E-state index contributed by atoms with van der Waals surface area (Å²) < 4.78 is 5.93. The van der Waals surface area contributed by atoms with Crippen LogP contribution in [0.3, 0.4) is 0 Å². The Hall–Kier alpha value is -0.740. The van der Waals surface area contributed by atoms with Gasteiger partial charge in [-0.3, -0.25) is 0 Å². The molecule has 17 heavy (non-hydrogen) atoms. The Morgan fingerprint density at radius 1 is 1.53 bits per heavy atom. The van der Waals surface area contributed by atoms with Gasteiger partial charge in [-0.2, -0.15) is 0 Å². The summed E-state index contributed by atoms with van der Waals surface area (Å²) in [4.78, 5) is 0. The highest BCUT2D eigenvalue weighted by Gasteiger charge is 2.17. The second kappa shape index (κ2) is 5.74. The molecule has 1 aromatic rings. The monoisotopic (exact) mass is 299 g/mol. The fourth-order valence-electron chi connectivity index (χ4n) is 2.31. The molecule has 1 heterocycles. The number of benzene rings is 1. The molecule has 0 saturated carbocycles. The number of hydrogen-bond donors (Lipinski definition) is 2. The van der Waals surface area contributed by atoms with Crippen LogP contribution >= 0.6 is 15.9 Å². The van der Waals surface area contributed by atoms with Crippen molar-refractivity contribution in [2.45, 2.75) is 19.3 Å². The molecule has 0 amide bonds. The first-order valence-corrected chi connectivity index (χ1v) is 6.76. The summed E-state index contributed by atoms with van der Waals surface area (Å²) in [6, 6.07) is 3.71. The smallest absolute Gasteiger partial charge is 0.133 e. The highest BCUT2D eigenvalue weighted by atomic mass is 79.9. The van der Waals surface area contributed by atoms with E-state index in [2.05, 4.69) is 21.2 Å². The van der Waals surface area contributed by atoms with Crippen molar-refractivity contribution < 1.29 is 9.84 Å². The van der Waals surface area contributed by atoms with Gasteiger partial charge in [-0.1, -0.05) is 0 Å². The molecule has 3 nitrogen and oxygen atoms in total. The van der Waals surface area contributed by atoms with Crippen LogP contribution in [0.1, 0.15) is 18.4 Å². The van der Waals surface area contributed by atoms with E-state index in [0.29, 0.717) is 16.1 Å². The molecule has 1 aliphatic rings. The first-order valence-electron chi connectivity index (χ1n) is 5.97. The second-order valence-electron chi connectivity index (χ2n) is 4.53. The predicted octanol–water partition coefficient (Wildman–Crippen LogP) is 2.71. The van der Waals surface area contributed by atoms with E-state index in [1.165, 1.54) is 12.8 Å². The van der Waals surface area contributed by atoms with Gasteiger partial charge in [-0.05, 0) is 71.9 Å². The molecule has 1 aromatic carbocycles. The van der Waals surface area contributed by atoms with E-state index >= 15 is 0 Å². The third-order valence-electron chi connectivity index (χ3n) is 3.26. The Kier molecular flexibility index (Phi) is 4.29. The number of phenols is 1. The Morgan fingerprint density at radius 2 is 2.35 bits per heavy atom. The van der Waals surface area contributed by atoms with Gasteiger partial charge < -0.3 is 15.2 Å². The van der Waals surface area contributed by atoms with E-state index in [1.807, 2.05) is 6.07 Å². The maximum Gasteiger partial charge on any atom is 0.133 e. The number of aromatic hydroxyl groups is 1. The molecular formula is C13H18BrNO2. The van der Waals surface area contributed by atoms with Crippen molar-refractivity contribution in [1.82, 2.24) is 5.32 Å². The number of phenolic OH excluding ortho intramolecular Hbond substituents is 1. The molecule has 1 fully saturated rings. The van der Waals surface area contributed by atoms with Crippen molar-refractivity contribution in [3.05, 3.63) is 22.2 Å². The number of piperidine rings is 1. The van der Waals surface area contributed by atoms with Crippen molar-refractivity contribution in [3.63, 3.8) is 0 Å². The molecule has 0 radical (unpaired) electrons. The van der Waals surface area contributed by atoms with Crippen molar-refractivity contribution in [1.29, 1.82) is 0 Å². The summed E-state index contributed by atoms with van der Waals surface area (Å²) >= 11 is 3.36. The Morgan fingerprint density at radius 3 is 3.00 bits per heavy atom. The largest absolute Gasteiger partial charge is 0.506 e. The molecule has 0 bridgehead atoms. The van der Waals surface area contributed by atoms with Crippen LogP contribution < -0.4 is 10.1 Å². The fourth-order valence-corrected chi connectivity index (χ4v) is 2.79. The normalized spacial score (nSPS) is 20.2. The molecule has 0 aliphatic carbocycles. The van der Waals surface area contributed by atoms with E-state index < -0.39 is 0 Å². The average molecular weight is 300 g/mol. The number of hydrogen-bond acceptors (Lipinski definition) is 3. The van der Waals surface area contributed by atoms with Crippen LogP contribution in [0.2, 0.25) is 0 Å². The molecule has 0 spiro atoms. The number of methoxy groups -OCH3 is 1. The van der Waals surface area contributed by atoms with Crippen LogP contribution in [0.5, 0.6) is 11.5 Å². The van der Waals surface area contributed by atoms with Gasteiger partial charge >= 0.3 is 0 Å². The lowest BCUT2D eigenvalue weighted by molar-refractivity contribution is 0.367. The summed E-state index contributed by atoms with van der Waals surface area (Å²) in [5.41, 5.74) is 0.963. The molecule has 2 N–H and O–H groups in total. The topological polar surface area (TPSA) is 41.5 Å². The van der Waals surface area contributed by atoms with Crippen molar-refractivity contribution in [2.75, 3.05) is 20.2 Å². The van der Waals surface area contributed by atoms with Crippen LogP contribution in [0.15, 0.2) is 16.6 Å². The molecule has 1 unspecified atom stereocenters. The van der Waals surface area contributed by atoms with E-state index in [1.54, 1.807) is 13.2 Å². The predicted molar refractivity (Wildman–Crippen MR) is 71.7 cm³/mol. The first-order chi connectivity index (χ1) is 8.20. The van der Waals surface area contributed by atoms with Gasteiger partial charge in [0.1, 0.15) is 11.5 Å². The van der Waals surface area contributed by atoms with Crippen LogP contribution in [0.25, 0.3) is 0 Å². The first kappa shape index (κ1) is 12.7. The zero-order valence-corrected chi connectivity index (χ0v) is 11.6. The Labute approximate surface area is 110 Å². The zero-order valence-electron chi connectivity index (χ0n) is 10.0. The maximum atomic E-state index is 10.0. The van der Waals surface area contributed by atoms with Gasteiger partial charge in [0.05, 0.1) is 11.6 Å². The van der Waals surface area contributed by atoms with Crippen molar-refractivity contribution in [2.24, 2.45) is 5.92 Å². The average Bonchev–Trinajstić information content (AvgIpc) is 2.36.